The average Bonchev–Trinajstić information content (AvgIpc) is 3.21. The summed E-state index contributed by atoms with van der Waals surface area (Å²) in [4.78, 5) is 36.6. The van der Waals surface area contributed by atoms with Gasteiger partial charge < -0.3 is 24.1 Å². The maximum absolute atomic E-state index is 12.7. The Labute approximate surface area is 213 Å². The quantitative estimate of drug-likeness (QED) is 0.336. The number of rotatable bonds is 9. The summed E-state index contributed by atoms with van der Waals surface area (Å²) in [7, 11) is 4.27. The van der Waals surface area contributed by atoms with E-state index in [2.05, 4.69) is 21.6 Å². The van der Waals surface area contributed by atoms with Crippen molar-refractivity contribution in [3.05, 3.63) is 64.5 Å². The van der Waals surface area contributed by atoms with Crippen LogP contribution in [0.2, 0.25) is 0 Å². The molecular formula is C25H28N4O6S. The molecule has 0 fully saturated rings. The molecule has 0 aliphatic heterocycles. The van der Waals surface area contributed by atoms with Crippen LogP contribution >= 0.6 is 11.8 Å². The van der Waals surface area contributed by atoms with Gasteiger partial charge in [0.15, 0.2) is 17.1 Å². The first-order valence-electron chi connectivity index (χ1n) is 11.0. The maximum atomic E-state index is 12.7. The highest BCUT2D eigenvalue weighted by molar-refractivity contribution is 7.99. The predicted octanol–water partition coefficient (Wildman–Crippen LogP) is 3.88. The van der Waals surface area contributed by atoms with Gasteiger partial charge in [0.1, 0.15) is 5.75 Å². The molecule has 0 bridgehead atoms. The van der Waals surface area contributed by atoms with Crippen LogP contribution < -0.4 is 10.1 Å². The van der Waals surface area contributed by atoms with Crippen molar-refractivity contribution in [2.45, 2.75) is 32.0 Å². The van der Waals surface area contributed by atoms with Gasteiger partial charge in [-0.3, -0.25) is 4.79 Å². The molecule has 1 amide bonds. The summed E-state index contributed by atoms with van der Waals surface area (Å²) >= 11 is 1.17. The SMILES string of the molecule is COC(=O)c1ccc(C(=O)OC)c(NC(=O)CSc2nnc(C(C)Oc3cc(C)cc(C)c3)n2C)c1. The van der Waals surface area contributed by atoms with E-state index in [-0.39, 0.29) is 28.7 Å². The molecule has 11 heteroatoms. The Hall–Kier alpha value is -3.86. The molecule has 0 saturated heterocycles. The first kappa shape index (κ1) is 26.7. The lowest BCUT2D eigenvalue weighted by atomic mass is 10.1. The average molecular weight is 513 g/mol. The van der Waals surface area contributed by atoms with E-state index < -0.39 is 17.8 Å². The number of carbonyl (C=O) groups is 3. The summed E-state index contributed by atoms with van der Waals surface area (Å²) < 4.78 is 17.3. The molecule has 3 aromatic rings. The number of hydrogen-bond acceptors (Lipinski definition) is 9. The molecule has 0 spiro atoms. The van der Waals surface area contributed by atoms with Crippen LogP contribution in [0.4, 0.5) is 5.69 Å². The summed E-state index contributed by atoms with van der Waals surface area (Å²) in [6.45, 7) is 5.89. The van der Waals surface area contributed by atoms with Crippen molar-refractivity contribution in [3.8, 4) is 5.75 Å². The van der Waals surface area contributed by atoms with E-state index >= 15 is 0 Å². The minimum Gasteiger partial charge on any atom is -0.483 e. The molecule has 1 N–H and O–H groups in total. The Bertz CT molecular complexity index is 1270. The first-order chi connectivity index (χ1) is 17.1. The van der Waals surface area contributed by atoms with Gasteiger partial charge in [-0.15, -0.1) is 10.2 Å². The number of benzene rings is 2. The van der Waals surface area contributed by atoms with E-state index in [1.165, 1.54) is 44.2 Å². The molecule has 0 radical (unpaired) electrons. The van der Waals surface area contributed by atoms with Gasteiger partial charge in [-0.25, -0.2) is 9.59 Å². The van der Waals surface area contributed by atoms with Crippen LogP contribution in [0.25, 0.3) is 0 Å². The summed E-state index contributed by atoms with van der Waals surface area (Å²) in [6.07, 6.45) is -0.365. The second kappa shape index (κ2) is 11.7. The molecule has 3 rings (SSSR count). The standard InChI is InChI=1S/C25H28N4O6S/c1-14-9-15(2)11-18(10-14)35-16(3)22-27-28-25(29(22)4)36-13-21(30)26-20-12-17(23(31)33-5)7-8-19(20)24(32)34-6/h7-12,16H,13H2,1-6H3,(H,26,30). The van der Waals surface area contributed by atoms with Gasteiger partial charge in [-0.05, 0) is 62.2 Å². The number of thioether (sulfide) groups is 1. The lowest BCUT2D eigenvalue weighted by Crippen LogP contribution is -2.18. The number of carbonyl (C=O) groups excluding carboxylic acids is 3. The zero-order valence-corrected chi connectivity index (χ0v) is 21.8. The highest BCUT2D eigenvalue weighted by atomic mass is 32.2. The summed E-state index contributed by atoms with van der Waals surface area (Å²) in [5.41, 5.74) is 2.64. The minimum atomic E-state index is -0.648. The fourth-order valence-corrected chi connectivity index (χ4v) is 4.28. The maximum Gasteiger partial charge on any atom is 0.339 e. The van der Waals surface area contributed by atoms with Crippen LogP contribution in [0.15, 0.2) is 41.6 Å². The molecular weight excluding hydrogens is 484 g/mol. The Balaban J connectivity index is 1.68. The summed E-state index contributed by atoms with van der Waals surface area (Å²) in [6, 6.07) is 10.2. The number of ether oxygens (including phenoxy) is 3. The minimum absolute atomic E-state index is 0.0125. The van der Waals surface area contributed by atoms with Crippen LogP contribution in [0.3, 0.4) is 0 Å². The molecule has 1 aromatic heterocycles. The predicted molar refractivity (Wildman–Crippen MR) is 134 cm³/mol. The van der Waals surface area contributed by atoms with Gasteiger partial charge in [-0.1, -0.05) is 17.8 Å². The van der Waals surface area contributed by atoms with Crippen molar-refractivity contribution in [2.24, 2.45) is 7.05 Å². The normalized spacial score (nSPS) is 11.5. The Morgan fingerprint density at radius 3 is 2.31 bits per heavy atom. The monoisotopic (exact) mass is 512 g/mol. The number of methoxy groups -OCH3 is 2. The van der Waals surface area contributed by atoms with Crippen molar-refractivity contribution < 1.29 is 28.6 Å². The van der Waals surface area contributed by atoms with E-state index in [0.717, 1.165) is 16.9 Å². The zero-order chi connectivity index (χ0) is 26.4. The molecule has 0 aliphatic rings. The lowest BCUT2D eigenvalue weighted by Gasteiger charge is -2.15. The number of nitrogens with one attached hydrogen (secondary N) is 1. The molecule has 1 heterocycles. The van der Waals surface area contributed by atoms with Gasteiger partial charge in [0.05, 0.1) is 36.8 Å². The molecule has 1 atom stereocenters. The highest BCUT2D eigenvalue weighted by Crippen LogP contribution is 2.26. The first-order valence-corrected chi connectivity index (χ1v) is 12.0. The second-order valence-corrected chi connectivity index (χ2v) is 9.01. The van der Waals surface area contributed by atoms with E-state index in [9.17, 15) is 14.4 Å². The largest absolute Gasteiger partial charge is 0.483 e. The van der Waals surface area contributed by atoms with Crippen molar-refractivity contribution >= 4 is 35.3 Å². The smallest absolute Gasteiger partial charge is 0.339 e. The molecule has 190 valence electrons. The Kier molecular flexibility index (Phi) is 8.70. The number of amides is 1. The molecule has 0 saturated carbocycles. The van der Waals surface area contributed by atoms with Crippen LogP contribution in [0.5, 0.6) is 5.75 Å². The summed E-state index contributed by atoms with van der Waals surface area (Å²) in [5.74, 6) is -0.314. The molecule has 36 heavy (non-hydrogen) atoms. The number of esters is 2. The van der Waals surface area contributed by atoms with Gasteiger partial charge >= 0.3 is 11.9 Å². The number of anilines is 1. The Morgan fingerprint density at radius 1 is 1.00 bits per heavy atom. The van der Waals surface area contributed by atoms with Crippen molar-refractivity contribution in [3.63, 3.8) is 0 Å². The highest BCUT2D eigenvalue weighted by Gasteiger charge is 2.20. The van der Waals surface area contributed by atoms with Crippen molar-refractivity contribution in [1.29, 1.82) is 0 Å². The topological polar surface area (TPSA) is 122 Å². The van der Waals surface area contributed by atoms with Gasteiger partial charge in [-0.2, -0.15) is 0 Å². The second-order valence-electron chi connectivity index (χ2n) is 8.06. The van der Waals surface area contributed by atoms with E-state index in [1.54, 1.807) is 11.6 Å². The number of aromatic nitrogens is 3. The third-order valence-corrected chi connectivity index (χ3v) is 6.21. The number of nitrogens with zero attached hydrogens (tertiary/aromatic N) is 3. The van der Waals surface area contributed by atoms with Crippen molar-refractivity contribution in [2.75, 3.05) is 25.3 Å². The third-order valence-electron chi connectivity index (χ3n) is 5.19. The van der Waals surface area contributed by atoms with Crippen LogP contribution in [-0.4, -0.2) is 52.6 Å². The van der Waals surface area contributed by atoms with Crippen LogP contribution in [0.1, 0.15) is 50.7 Å². The molecule has 0 aliphatic carbocycles. The van der Waals surface area contributed by atoms with Gasteiger partial charge in [0, 0.05) is 7.05 Å². The lowest BCUT2D eigenvalue weighted by molar-refractivity contribution is -0.113. The third kappa shape index (κ3) is 6.42. The fraction of sp³-hybridized carbons (Fsp3) is 0.320. The van der Waals surface area contributed by atoms with E-state index in [1.807, 2.05) is 32.9 Å². The number of hydrogen-bond donors (Lipinski definition) is 1. The van der Waals surface area contributed by atoms with E-state index in [4.69, 9.17) is 14.2 Å². The molecule has 2 aromatic carbocycles. The zero-order valence-electron chi connectivity index (χ0n) is 20.9. The van der Waals surface area contributed by atoms with Gasteiger partial charge in [0.2, 0.25) is 5.91 Å². The number of aryl methyl sites for hydroxylation is 2. The van der Waals surface area contributed by atoms with Crippen molar-refractivity contribution in [1.82, 2.24) is 14.8 Å². The van der Waals surface area contributed by atoms with Crippen LogP contribution in [0, 0.1) is 13.8 Å². The summed E-state index contributed by atoms with van der Waals surface area (Å²) in [5, 5.41) is 11.6. The molecule has 1 unspecified atom stereocenters. The Morgan fingerprint density at radius 2 is 1.67 bits per heavy atom. The van der Waals surface area contributed by atoms with Gasteiger partial charge in [0.25, 0.3) is 0 Å². The molecule has 10 nitrogen and oxygen atoms in total. The van der Waals surface area contributed by atoms with E-state index in [0.29, 0.717) is 11.0 Å². The fourth-order valence-electron chi connectivity index (χ4n) is 3.56. The van der Waals surface area contributed by atoms with Crippen LogP contribution in [-0.2, 0) is 21.3 Å².